The Kier molecular flexibility index (Phi) is 8.96. The van der Waals surface area contributed by atoms with Crippen molar-refractivity contribution in [3.63, 3.8) is 0 Å². The highest BCUT2D eigenvalue weighted by molar-refractivity contribution is 7.99. The predicted molar refractivity (Wildman–Crippen MR) is 129 cm³/mol. The number of piperidine rings is 1. The van der Waals surface area contributed by atoms with Crippen molar-refractivity contribution in [3.8, 4) is 0 Å². The van der Waals surface area contributed by atoms with E-state index in [1.807, 2.05) is 24.3 Å². The molecule has 2 aromatic carbocycles. The molecule has 1 amide bonds. The van der Waals surface area contributed by atoms with Crippen molar-refractivity contribution in [3.05, 3.63) is 63.1 Å². The molecule has 3 rings (SSSR count). The van der Waals surface area contributed by atoms with E-state index in [1.165, 1.54) is 10.4 Å². The summed E-state index contributed by atoms with van der Waals surface area (Å²) in [6.07, 6.45) is 1.01. The SMILES string of the molecule is O=C(NCCSc1ccc(Cl)cc1)C1CCN(S(=O)(=O)Cc2ccc(Cl)cc2Cl)CC1. The number of hydrogen-bond donors (Lipinski definition) is 1. The molecule has 1 aliphatic rings. The summed E-state index contributed by atoms with van der Waals surface area (Å²) in [6, 6.07) is 12.4. The van der Waals surface area contributed by atoms with Crippen molar-refractivity contribution in [2.24, 2.45) is 5.92 Å². The molecule has 1 saturated heterocycles. The van der Waals surface area contributed by atoms with Crippen molar-refractivity contribution in [2.75, 3.05) is 25.4 Å². The van der Waals surface area contributed by atoms with E-state index in [4.69, 9.17) is 34.8 Å². The van der Waals surface area contributed by atoms with E-state index in [-0.39, 0.29) is 17.6 Å². The van der Waals surface area contributed by atoms with Gasteiger partial charge in [0.15, 0.2) is 0 Å². The number of halogens is 3. The third-order valence-electron chi connectivity index (χ3n) is 5.05. The molecule has 168 valence electrons. The van der Waals surface area contributed by atoms with Gasteiger partial charge in [-0.25, -0.2) is 12.7 Å². The van der Waals surface area contributed by atoms with Crippen LogP contribution in [0.5, 0.6) is 0 Å². The van der Waals surface area contributed by atoms with Gasteiger partial charge in [-0.1, -0.05) is 40.9 Å². The zero-order chi connectivity index (χ0) is 22.4. The Morgan fingerprint density at radius 2 is 1.68 bits per heavy atom. The number of nitrogens with zero attached hydrogens (tertiary/aromatic N) is 1. The molecule has 1 aliphatic heterocycles. The number of carbonyl (C=O) groups excluding carboxylic acids is 1. The first-order valence-electron chi connectivity index (χ1n) is 9.82. The van der Waals surface area contributed by atoms with Gasteiger partial charge in [-0.3, -0.25) is 4.79 Å². The minimum atomic E-state index is -3.51. The van der Waals surface area contributed by atoms with Crippen LogP contribution in [0.3, 0.4) is 0 Å². The molecular weight excluding hydrogens is 499 g/mol. The number of thioether (sulfide) groups is 1. The minimum Gasteiger partial charge on any atom is -0.355 e. The Labute approximate surface area is 202 Å². The van der Waals surface area contributed by atoms with Gasteiger partial charge < -0.3 is 5.32 Å². The molecule has 0 bridgehead atoms. The summed E-state index contributed by atoms with van der Waals surface area (Å²) < 4.78 is 27.0. The highest BCUT2D eigenvalue weighted by atomic mass is 35.5. The molecule has 0 spiro atoms. The van der Waals surface area contributed by atoms with Crippen molar-refractivity contribution in [1.29, 1.82) is 0 Å². The molecule has 0 aromatic heterocycles. The molecule has 1 N–H and O–H groups in total. The van der Waals surface area contributed by atoms with Crippen LogP contribution >= 0.6 is 46.6 Å². The lowest BCUT2D eigenvalue weighted by Crippen LogP contribution is -2.43. The van der Waals surface area contributed by atoms with E-state index in [9.17, 15) is 13.2 Å². The molecule has 0 unspecified atom stereocenters. The molecule has 0 saturated carbocycles. The summed E-state index contributed by atoms with van der Waals surface area (Å²) in [5.41, 5.74) is 0.518. The lowest BCUT2D eigenvalue weighted by atomic mass is 9.97. The van der Waals surface area contributed by atoms with Crippen LogP contribution in [-0.4, -0.2) is 44.0 Å². The van der Waals surface area contributed by atoms with E-state index in [0.717, 1.165) is 10.6 Å². The van der Waals surface area contributed by atoms with Crippen LogP contribution < -0.4 is 5.32 Å². The van der Waals surface area contributed by atoms with Crippen LogP contribution in [0.1, 0.15) is 18.4 Å². The molecule has 1 heterocycles. The third kappa shape index (κ3) is 7.27. The third-order valence-corrected chi connectivity index (χ3v) is 8.74. The largest absolute Gasteiger partial charge is 0.355 e. The van der Waals surface area contributed by atoms with Crippen LogP contribution in [-0.2, 0) is 20.6 Å². The lowest BCUT2D eigenvalue weighted by molar-refractivity contribution is -0.125. The zero-order valence-electron chi connectivity index (χ0n) is 16.7. The van der Waals surface area contributed by atoms with Crippen LogP contribution in [0.2, 0.25) is 15.1 Å². The molecule has 5 nitrogen and oxygen atoms in total. The number of rotatable bonds is 8. The fourth-order valence-electron chi connectivity index (χ4n) is 3.34. The highest BCUT2D eigenvalue weighted by Crippen LogP contribution is 2.26. The van der Waals surface area contributed by atoms with Crippen molar-refractivity contribution < 1.29 is 13.2 Å². The summed E-state index contributed by atoms with van der Waals surface area (Å²) in [5, 5.41) is 4.45. The van der Waals surface area contributed by atoms with E-state index in [1.54, 1.807) is 23.9 Å². The second-order valence-electron chi connectivity index (χ2n) is 7.26. The van der Waals surface area contributed by atoms with Gasteiger partial charge in [0, 0.05) is 51.3 Å². The normalized spacial score (nSPS) is 15.7. The Hall–Kier alpha value is -0.960. The van der Waals surface area contributed by atoms with Gasteiger partial charge in [-0.15, -0.1) is 11.8 Å². The van der Waals surface area contributed by atoms with Gasteiger partial charge in [0.05, 0.1) is 5.75 Å². The topological polar surface area (TPSA) is 66.5 Å². The summed E-state index contributed by atoms with van der Waals surface area (Å²) in [4.78, 5) is 13.5. The number of benzene rings is 2. The molecule has 2 aromatic rings. The maximum absolute atomic E-state index is 12.8. The van der Waals surface area contributed by atoms with Crippen LogP contribution in [0, 0.1) is 5.92 Å². The average molecular weight is 522 g/mol. The van der Waals surface area contributed by atoms with Gasteiger partial charge in [0.2, 0.25) is 15.9 Å². The van der Waals surface area contributed by atoms with Crippen LogP contribution in [0.25, 0.3) is 0 Å². The molecule has 0 atom stereocenters. The maximum Gasteiger partial charge on any atom is 0.223 e. The number of carbonyl (C=O) groups is 1. The monoisotopic (exact) mass is 520 g/mol. The summed E-state index contributed by atoms with van der Waals surface area (Å²) in [5.74, 6) is 0.380. The number of hydrogen-bond acceptors (Lipinski definition) is 4. The smallest absolute Gasteiger partial charge is 0.223 e. The molecule has 31 heavy (non-hydrogen) atoms. The quantitative estimate of drug-likeness (QED) is 0.388. The summed E-state index contributed by atoms with van der Waals surface area (Å²) >= 11 is 19.5. The van der Waals surface area contributed by atoms with Gasteiger partial charge in [-0.2, -0.15) is 0 Å². The highest BCUT2D eigenvalue weighted by Gasteiger charge is 2.31. The zero-order valence-corrected chi connectivity index (χ0v) is 20.6. The predicted octanol–water partition coefficient (Wildman–Crippen LogP) is 5.10. The van der Waals surface area contributed by atoms with Crippen molar-refractivity contribution in [2.45, 2.75) is 23.5 Å². The van der Waals surface area contributed by atoms with Gasteiger partial charge in [0.1, 0.15) is 0 Å². The number of sulfonamides is 1. The molecule has 10 heteroatoms. The van der Waals surface area contributed by atoms with E-state index in [2.05, 4.69) is 5.32 Å². The fourth-order valence-corrected chi connectivity index (χ4v) is 6.38. The summed E-state index contributed by atoms with van der Waals surface area (Å²) in [6.45, 7) is 1.20. The lowest BCUT2D eigenvalue weighted by Gasteiger charge is -2.30. The standard InChI is InChI=1S/C21H23Cl3N2O3S2/c22-17-3-5-19(6-4-17)30-12-9-25-21(27)15-7-10-26(11-8-15)31(28,29)14-16-1-2-18(23)13-20(16)24/h1-6,13,15H,7-12,14H2,(H,25,27). The van der Waals surface area contributed by atoms with E-state index < -0.39 is 10.0 Å². The minimum absolute atomic E-state index is 0.0190. The summed E-state index contributed by atoms with van der Waals surface area (Å²) in [7, 11) is -3.51. The number of nitrogens with one attached hydrogen (secondary N) is 1. The van der Waals surface area contributed by atoms with Crippen LogP contribution in [0.4, 0.5) is 0 Å². The first-order chi connectivity index (χ1) is 14.7. The molecule has 1 fully saturated rings. The second-order valence-corrected chi connectivity index (χ2v) is 11.7. The van der Waals surface area contributed by atoms with Gasteiger partial charge in [-0.05, 0) is 54.8 Å². The second kappa shape index (κ2) is 11.3. The van der Waals surface area contributed by atoms with Gasteiger partial charge >= 0.3 is 0 Å². The first-order valence-corrected chi connectivity index (χ1v) is 13.6. The van der Waals surface area contributed by atoms with Crippen LogP contribution in [0.15, 0.2) is 47.4 Å². The first kappa shape index (κ1) is 24.7. The molecule has 0 aliphatic carbocycles. The average Bonchev–Trinajstić information content (AvgIpc) is 2.74. The Morgan fingerprint density at radius 1 is 1.03 bits per heavy atom. The fraction of sp³-hybridized carbons (Fsp3) is 0.381. The van der Waals surface area contributed by atoms with Gasteiger partial charge in [0.25, 0.3) is 0 Å². The molecule has 0 radical (unpaired) electrons. The Morgan fingerprint density at radius 3 is 2.32 bits per heavy atom. The van der Waals surface area contributed by atoms with Crippen molar-refractivity contribution >= 4 is 62.5 Å². The number of amides is 1. The van der Waals surface area contributed by atoms with E-state index >= 15 is 0 Å². The van der Waals surface area contributed by atoms with E-state index in [0.29, 0.717) is 53.1 Å². The Bertz CT molecular complexity index is 1010. The Balaban J connectivity index is 1.42. The van der Waals surface area contributed by atoms with Crippen molar-refractivity contribution in [1.82, 2.24) is 9.62 Å². The maximum atomic E-state index is 12.8. The molecular formula is C21H23Cl3N2O3S2.